The first-order chi connectivity index (χ1) is 11.0. The zero-order valence-electron chi connectivity index (χ0n) is 12.9. The Morgan fingerprint density at radius 2 is 2.00 bits per heavy atom. The number of nitrogens with zero attached hydrogens (tertiary/aromatic N) is 2. The minimum Gasteiger partial charge on any atom is -0.355 e. The molecule has 3 N–H and O–H groups in total. The van der Waals surface area contributed by atoms with Crippen LogP contribution in [0.25, 0.3) is 0 Å². The maximum absolute atomic E-state index is 13.6. The molecule has 0 aliphatic rings. The van der Waals surface area contributed by atoms with Gasteiger partial charge in [0.2, 0.25) is 0 Å². The maximum Gasteiger partial charge on any atom is 0.323 e. The second-order valence-corrected chi connectivity index (χ2v) is 4.84. The summed E-state index contributed by atoms with van der Waals surface area (Å²) in [5.74, 6) is -1.22. The van der Waals surface area contributed by atoms with Crippen LogP contribution in [0.4, 0.5) is 20.6 Å². The van der Waals surface area contributed by atoms with E-state index in [0.29, 0.717) is 11.4 Å². The van der Waals surface area contributed by atoms with E-state index in [-0.39, 0.29) is 5.56 Å². The molecule has 122 valence electrons. The summed E-state index contributed by atoms with van der Waals surface area (Å²) in [5.41, 5.74) is 0.717. The first-order valence-corrected chi connectivity index (χ1v) is 7.15. The van der Waals surface area contributed by atoms with E-state index in [4.69, 9.17) is 0 Å². The highest BCUT2D eigenvalue weighted by molar-refractivity contribution is 6.01. The van der Waals surface area contributed by atoms with Gasteiger partial charge >= 0.3 is 6.03 Å². The molecular weight excluding hydrogens is 301 g/mol. The Labute approximate surface area is 132 Å². The van der Waals surface area contributed by atoms with Gasteiger partial charge in [-0.2, -0.15) is 5.10 Å². The van der Waals surface area contributed by atoms with E-state index in [9.17, 15) is 14.0 Å². The van der Waals surface area contributed by atoms with Gasteiger partial charge in [0.25, 0.3) is 5.91 Å². The predicted molar refractivity (Wildman–Crippen MR) is 84.9 cm³/mol. The third-order valence-electron chi connectivity index (χ3n) is 3.04. The number of aryl methyl sites for hydroxylation is 1. The molecule has 8 heteroatoms. The van der Waals surface area contributed by atoms with Crippen molar-refractivity contribution in [3.8, 4) is 0 Å². The van der Waals surface area contributed by atoms with Gasteiger partial charge in [0.05, 0.1) is 17.4 Å². The number of hydrogen-bond acceptors (Lipinski definition) is 3. The fraction of sp³-hybridized carbons (Fsp3) is 0.267. The molecule has 1 aromatic carbocycles. The molecule has 1 aromatic heterocycles. The normalized spacial score (nSPS) is 10.2. The quantitative estimate of drug-likeness (QED) is 0.791. The van der Waals surface area contributed by atoms with Crippen LogP contribution < -0.4 is 16.0 Å². The minimum absolute atomic E-state index is 0.138. The lowest BCUT2D eigenvalue weighted by Crippen LogP contribution is -2.21. The van der Waals surface area contributed by atoms with E-state index in [2.05, 4.69) is 21.0 Å². The maximum atomic E-state index is 13.6. The van der Waals surface area contributed by atoms with Crippen molar-refractivity contribution in [2.45, 2.75) is 19.9 Å². The minimum atomic E-state index is -0.656. The van der Waals surface area contributed by atoms with E-state index in [1.54, 1.807) is 10.9 Å². The van der Waals surface area contributed by atoms with Crippen molar-refractivity contribution in [3.63, 3.8) is 0 Å². The van der Waals surface area contributed by atoms with Crippen LogP contribution in [0, 0.1) is 5.82 Å². The van der Waals surface area contributed by atoms with Crippen molar-refractivity contribution in [2.75, 3.05) is 17.7 Å². The average Bonchev–Trinajstić information content (AvgIpc) is 2.95. The Kier molecular flexibility index (Phi) is 5.29. The van der Waals surface area contributed by atoms with Crippen LogP contribution in [0.2, 0.25) is 0 Å². The zero-order chi connectivity index (χ0) is 16.8. The summed E-state index contributed by atoms with van der Waals surface area (Å²) in [6.07, 6.45) is 4.19. The van der Waals surface area contributed by atoms with Gasteiger partial charge in [0.1, 0.15) is 5.82 Å². The SMILES string of the molecule is CCCn1cc(NC(=O)Nc2ccc(F)c(C(=O)NC)c2)cn1. The van der Waals surface area contributed by atoms with Crippen molar-refractivity contribution in [1.29, 1.82) is 0 Å². The third-order valence-corrected chi connectivity index (χ3v) is 3.04. The lowest BCUT2D eigenvalue weighted by Gasteiger charge is -2.08. The van der Waals surface area contributed by atoms with Crippen LogP contribution in [0.15, 0.2) is 30.6 Å². The summed E-state index contributed by atoms with van der Waals surface area (Å²) < 4.78 is 15.3. The number of carbonyl (C=O) groups is 2. The lowest BCUT2D eigenvalue weighted by molar-refractivity contribution is 0.0959. The lowest BCUT2D eigenvalue weighted by atomic mass is 10.1. The molecule has 0 aliphatic heterocycles. The van der Waals surface area contributed by atoms with E-state index in [1.165, 1.54) is 25.4 Å². The highest BCUT2D eigenvalue weighted by Crippen LogP contribution is 2.15. The Bertz CT molecular complexity index is 714. The van der Waals surface area contributed by atoms with Crippen molar-refractivity contribution in [1.82, 2.24) is 15.1 Å². The Hall–Kier alpha value is -2.90. The molecule has 0 saturated carbocycles. The molecule has 0 atom stereocenters. The summed E-state index contributed by atoms with van der Waals surface area (Å²) in [6.45, 7) is 2.79. The number of carbonyl (C=O) groups excluding carboxylic acids is 2. The van der Waals surface area contributed by atoms with Crippen molar-refractivity contribution in [2.24, 2.45) is 0 Å². The summed E-state index contributed by atoms with van der Waals surface area (Å²) >= 11 is 0. The molecule has 0 radical (unpaired) electrons. The van der Waals surface area contributed by atoms with Gasteiger partial charge in [-0.1, -0.05) is 6.92 Å². The number of nitrogens with one attached hydrogen (secondary N) is 3. The Balaban J connectivity index is 2.03. The number of benzene rings is 1. The summed E-state index contributed by atoms with van der Waals surface area (Å²) in [4.78, 5) is 23.5. The van der Waals surface area contributed by atoms with Crippen LogP contribution in [-0.4, -0.2) is 28.8 Å². The molecule has 2 rings (SSSR count). The van der Waals surface area contributed by atoms with E-state index in [1.807, 2.05) is 6.92 Å². The van der Waals surface area contributed by atoms with Crippen molar-refractivity contribution >= 4 is 23.3 Å². The molecule has 0 bridgehead atoms. The zero-order valence-corrected chi connectivity index (χ0v) is 12.9. The molecule has 3 amide bonds. The Morgan fingerprint density at radius 1 is 1.26 bits per heavy atom. The van der Waals surface area contributed by atoms with E-state index >= 15 is 0 Å². The van der Waals surface area contributed by atoms with Crippen LogP contribution in [0.3, 0.4) is 0 Å². The third kappa shape index (κ3) is 4.29. The van der Waals surface area contributed by atoms with E-state index < -0.39 is 17.8 Å². The number of aromatic nitrogens is 2. The second-order valence-electron chi connectivity index (χ2n) is 4.84. The number of anilines is 2. The largest absolute Gasteiger partial charge is 0.355 e. The van der Waals surface area contributed by atoms with Gasteiger partial charge in [0, 0.05) is 25.5 Å². The molecular formula is C15H18FN5O2. The molecule has 0 spiro atoms. The number of hydrogen-bond donors (Lipinski definition) is 3. The van der Waals surface area contributed by atoms with Crippen LogP contribution in [-0.2, 0) is 6.54 Å². The van der Waals surface area contributed by atoms with Crippen LogP contribution >= 0.6 is 0 Å². The summed E-state index contributed by atoms with van der Waals surface area (Å²) in [6, 6.07) is 3.27. The summed E-state index contributed by atoms with van der Waals surface area (Å²) in [7, 11) is 1.41. The predicted octanol–water partition coefficient (Wildman–Crippen LogP) is 2.44. The van der Waals surface area contributed by atoms with E-state index in [0.717, 1.165) is 19.0 Å². The molecule has 0 saturated heterocycles. The first-order valence-electron chi connectivity index (χ1n) is 7.15. The fourth-order valence-corrected chi connectivity index (χ4v) is 1.98. The van der Waals surface area contributed by atoms with Crippen LogP contribution in [0.1, 0.15) is 23.7 Å². The van der Waals surface area contributed by atoms with Gasteiger partial charge in [-0.15, -0.1) is 0 Å². The molecule has 23 heavy (non-hydrogen) atoms. The highest BCUT2D eigenvalue weighted by atomic mass is 19.1. The highest BCUT2D eigenvalue weighted by Gasteiger charge is 2.12. The average molecular weight is 319 g/mol. The number of rotatable bonds is 5. The number of halogens is 1. The Morgan fingerprint density at radius 3 is 2.70 bits per heavy atom. The monoisotopic (exact) mass is 319 g/mol. The molecule has 0 unspecified atom stereocenters. The molecule has 2 aromatic rings. The van der Waals surface area contributed by atoms with Gasteiger partial charge in [-0.05, 0) is 24.6 Å². The summed E-state index contributed by atoms with van der Waals surface area (Å²) in [5, 5.41) is 11.6. The smallest absolute Gasteiger partial charge is 0.323 e. The number of amides is 3. The van der Waals surface area contributed by atoms with Gasteiger partial charge in [-0.25, -0.2) is 9.18 Å². The van der Waals surface area contributed by atoms with Crippen molar-refractivity contribution < 1.29 is 14.0 Å². The first kappa shape index (κ1) is 16.5. The second kappa shape index (κ2) is 7.39. The van der Waals surface area contributed by atoms with Gasteiger partial charge in [-0.3, -0.25) is 9.48 Å². The van der Waals surface area contributed by atoms with Gasteiger partial charge < -0.3 is 16.0 Å². The van der Waals surface area contributed by atoms with Crippen molar-refractivity contribution in [3.05, 3.63) is 42.0 Å². The number of urea groups is 1. The van der Waals surface area contributed by atoms with Crippen LogP contribution in [0.5, 0.6) is 0 Å². The molecule has 7 nitrogen and oxygen atoms in total. The molecule has 0 aliphatic carbocycles. The standard InChI is InChI=1S/C15H18FN5O2/c1-3-6-21-9-11(8-18-21)20-15(23)19-10-4-5-13(16)12(7-10)14(22)17-2/h4-5,7-9H,3,6H2,1-2H3,(H,17,22)(H2,19,20,23). The topological polar surface area (TPSA) is 88.0 Å². The van der Waals surface area contributed by atoms with Gasteiger partial charge in [0.15, 0.2) is 0 Å². The fourth-order valence-electron chi connectivity index (χ4n) is 1.98. The molecule has 1 heterocycles. The molecule has 0 fully saturated rings.